The molecule has 10 heterocycles. The Balaban J connectivity index is 0.000000167. The molecule has 3 N–H and O–H groups in total. The van der Waals surface area contributed by atoms with E-state index in [1.165, 1.54) is 45.6 Å². The Morgan fingerprint density at radius 1 is 0.551 bits per heavy atom. The van der Waals surface area contributed by atoms with Gasteiger partial charge in [0.15, 0.2) is 58.7 Å². The Labute approximate surface area is 632 Å². The quantitative estimate of drug-likeness (QED) is 0.0538. The summed E-state index contributed by atoms with van der Waals surface area (Å²) in [6, 6.07) is 18.1. The topological polar surface area (TPSA) is 253 Å². The number of ether oxygens (including phenoxy) is 10. The number of hydrogen-bond donors (Lipinski definition) is 3. The third-order valence-corrected chi connectivity index (χ3v) is 21.7. The molecule has 6 fully saturated rings. The van der Waals surface area contributed by atoms with Crippen LogP contribution in [-0.2, 0) is 45.1 Å². The molecule has 6 unspecified atom stereocenters. The molecule has 576 valence electrons. The van der Waals surface area contributed by atoms with Gasteiger partial charge in [-0.15, -0.1) is 10.2 Å². The number of methoxy groups -OCH3 is 6. The molecule has 6 atom stereocenters. The lowest BCUT2D eigenvalue weighted by atomic mass is 9.80. The summed E-state index contributed by atoms with van der Waals surface area (Å²) in [4.78, 5) is 21.9. The van der Waals surface area contributed by atoms with Gasteiger partial charge in [-0.2, -0.15) is 19.2 Å². The summed E-state index contributed by atoms with van der Waals surface area (Å²) >= 11 is 3.43. The van der Waals surface area contributed by atoms with Gasteiger partial charge >= 0.3 is 0 Å². The van der Waals surface area contributed by atoms with Crippen LogP contribution in [0, 0.1) is 11.6 Å². The van der Waals surface area contributed by atoms with Crippen LogP contribution < -0.4 is 49.3 Å². The van der Waals surface area contributed by atoms with E-state index in [9.17, 15) is 4.39 Å². The smallest absolute Gasteiger partial charge is 0.226 e. The molecule has 0 radical (unpaired) electrons. The van der Waals surface area contributed by atoms with Crippen molar-refractivity contribution in [2.24, 2.45) is 0 Å². The monoisotopic (exact) mass is 1540 g/mol. The summed E-state index contributed by atoms with van der Waals surface area (Å²) < 4.78 is 94.7. The van der Waals surface area contributed by atoms with Gasteiger partial charge in [0.25, 0.3) is 0 Å². The first-order valence-electron chi connectivity index (χ1n) is 36.7. The summed E-state index contributed by atoms with van der Waals surface area (Å²) in [6.07, 6.45) is 25.0. The van der Waals surface area contributed by atoms with E-state index in [0.717, 1.165) is 143 Å². The molecule has 6 aliphatic rings. The number of benzene rings is 4. The molecule has 16 rings (SSSR count). The highest BCUT2D eigenvalue weighted by atomic mass is 79.9. The van der Waals surface area contributed by atoms with Gasteiger partial charge in [-0.3, -0.25) is 9.36 Å². The van der Waals surface area contributed by atoms with Crippen molar-refractivity contribution in [3.05, 3.63) is 124 Å². The Morgan fingerprint density at radius 3 is 1.49 bits per heavy atom. The summed E-state index contributed by atoms with van der Waals surface area (Å²) in [6.45, 7) is 9.94. The van der Waals surface area contributed by atoms with Gasteiger partial charge < -0.3 is 68.2 Å². The third-order valence-electron chi connectivity index (χ3n) is 21.3. The van der Waals surface area contributed by atoms with Gasteiger partial charge in [0.2, 0.25) is 11.9 Å². The van der Waals surface area contributed by atoms with E-state index in [0.29, 0.717) is 106 Å². The highest BCUT2D eigenvalue weighted by molar-refractivity contribution is 9.10. The molecule has 2 aliphatic carbocycles. The molecule has 2 saturated carbocycles. The van der Waals surface area contributed by atoms with Crippen molar-refractivity contribution in [2.45, 2.75) is 205 Å². The maximum Gasteiger partial charge on any atom is 0.226 e. The normalized spacial score (nSPS) is 20.9. The minimum atomic E-state index is -0.484. The van der Waals surface area contributed by atoms with Crippen molar-refractivity contribution in [1.82, 2.24) is 64.0 Å². The van der Waals surface area contributed by atoms with Crippen LogP contribution in [0.25, 0.3) is 33.1 Å². The van der Waals surface area contributed by atoms with Crippen LogP contribution in [0.3, 0.4) is 0 Å². The van der Waals surface area contributed by atoms with E-state index in [1.54, 1.807) is 49.6 Å². The Hall–Kier alpha value is -8.74. The lowest BCUT2D eigenvalue weighted by Gasteiger charge is -2.44. The highest BCUT2D eigenvalue weighted by Gasteiger charge is 2.43. The second kappa shape index (κ2) is 34.7. The number of piperidine rings is 2. The number of rotatable bonds is 23. The molecule has 107 heavy (non-hydrogen) atoms. The van der Waals surface area contributed by atoms with Crippen molar-refractivity contribution >= 4 is 66.6 Å². The molecule has 4 aromatic carbocycles. The number of fused-ring (bicyclic) bond motifs is 6. The first kappa shape index (κ1) is 77.9. The summed E-state index contributed by atoms with van der Waals surface area (Å²) in [5.41, 5.74) is 4.82. The molecule has 6 aromatic heterocycles. The van der Waals surface area contributed by atoms with E-state index in [2.05, 4.69) is 61.9 Å². The number of halogens is 3. The Bertz CT molecular complexity index is 4620. The fourth-order valence-electron chi connectivity index (χ4n) is 14.9. The van der Waals surface area contributed by atoms with E-state index in [-0.39, 0.29) is 62.0 Å². The van der Waals surface area contributed by atoms with Crippen molar-refractivity contribution in [3.8, 4) is 34.5 Å². The average molecular weight is 1540 g/mol. The number of nitrogens with one attached hydrogen (secondary N) is 3. The van der Waals surface area contributed by atoms with Crippen LogP contribution >= 0.6 is 15.9 Å². The molecule has 0 spiro atoms. The molecular formula is C78H103BrF2N16O10. The van der Waals surface area contributed by atoms with Gasteiger partial charge in [-0.05, 0) is 169 Å². The molecule has 0 amide bonds. The largest absolute Gasteiger partial charge is 0.497 e. The van der Waals surface area contributed by atoms with Crippen LogP contribution in [-0.4, -0.2) is 164 Å². The SMILES string of the molecule is Brc1cnn(CC2(OC3CCCCO3)CCC2)c1.C.C.COc1ccc(CNc2nc3cc(OC)c(F)cc3c3nc(C4CCC(C)N(c5cnn(CC6(OC7CCCCO7)CCC6)c5)C4)nn23)c(OC)c1.COc1ccc(CNc2nc3cc(OC)c(F)cc3c3nc(C4CCC(C)NC4)nn23)c(OC)c1. The fourth-order valence-corrected chi connectivity index (χ4v) is 15.2. The summed E-state index contributed by atoms with van der Waals surface area (Å²) in [7, 11) is 9.36. The highest BCUT2D eigenvalue weighted by Crippen LogP contribution is 2.43. The number of hydrogen-bond acceptors (Lipinski definition) is 22. The second-order valence-electron chi connectivity index (χ2n) is 28.4. The van der Waals surface area contributed by atoms with Crippen molar-refractivity contribution in [2.75, 3.05) is 84.5 Å². The molecule has 26 nitrogen and oxygen atoms in total. The third kappa shape index (κ3) is 17.5. The van der Waals surface area contributed by atoms with Crippen LogP contribution in [0.4, 0.5) is 26.4 Å². The molecular weight excluding hydrogens is 1440 g/mol. The van der Waals surface area contributed by atoms with Crippen LogP contribution in [0.1, 0.15) is 166 Å². The second-order valence-corrected chi connectivity index (χ2v) is 29.3. The van der Waals surface area contributed by atoms with E-state index < -0.39 is 11.6 Å². The minimum Gasteiger partial charge on any atom is -0.497 e. The lowest BCUT2D eigenvalue weighted by molar-refractivity contribution is -0.251. The van der Waals surface area contributed by atoms with Crippen LogP contribution in [0.5, 0.6) is 34.5 Å². The molecule has 4 aliphatic heterocycles. The number of anilines is 3. The molecule has 29 heteroatoms. The van der Waals surface area contributed by atoms with Gasteiger partial charge in [-0.25, -0.2) is 28.7 Å². The van der Waals surface area contributed by atoms with Crippen molar-refractivity contribution < 1.29 is 56.1 Å². The van der Waals surface area contributed by atoms with Gasteiger partial charge in [0.05, 0.1) is 101 Å². The Kier molecular flexibility index (Phi) is 25.2. The first-order valence-corrected chi connectivity index (χ1v) is 37.5. The van der Waals surface area contributed by atoms with E-state index in [4.69, 9.17) is 82.6 Å². The first-order chi connectivity index (χ1) is 51.1. The molecule has 0 bridgehead atoms. The van der Waals surface area contributed by atoms with Crippen LogP contribution in [0.15, 0.2) is 89.9 Å². The molecule has 10 aromatic rings. The predicted molar refractivity (Wildman–Crippen MR) is 410 cm³/mol. The van der Waals surface area contributed by atoms with Gasteiger partial charge in [0.1, 0.15) is 23.0 Å². The standard InChI is InChI=1S/C38H47FN8O5.C25H29FN6O3.C13H19BrN2O2.2CH4/c1-24-9-10-26(21-46(24)27-20-41-45(22-27)23-38(13-7-14-38)52-34-8-5-6-15-51-34)35-43-36-29-17-30(39)33(50-4)18-31(29)42-37(47(36)44-35)40-19-25-11-12-28(48-2)16-32(25)49-3;1-14-5-6-16(13-27-14)23-30-24-18-10-19(26)22(35-4)11-20(18)29-25(32(24)31-23)28-12-15-7-8-17(33-2)9-21(15)34-3;14-11-8-15-16(9-11)10-13(5-3-6-13)18-12-4-1-2-7-17-12;;/h11-12,16-18,20,22,24,26,34H,5-10,13-15,19,21,23H2,1-4H3,(H,40,42);7-11,14,16,27H,5-6,12-13H2,1-4H3,(H,28,29);8-9,12H,1-7,10H2;2*1H4. The van der Waals surface area contributed by atoms with Gasteiger partial charge in [-0.1, -0.05) is 14.9 Å². The van der Waals surface area contributed by atoms with Crippen molar-refractivity contribution in [3.63, 3.8) is 0 Å². The predicted octanol–water partition coefficient (Wildman–Crippen LogP) is 14.8. The maximum atomic E-state index is 15.1. The zero-order chi connectivity index (χ0) is 72.8. The minimum absolute atomic E-state index is 0. The van der Waals surface area contributed by atoms with Crippen LogP contribution in [0.2, 0.25) is 0 Å². The van der Waals surface area contributed by atoms with Gasteiger partial charge in [0, 0.05) is 122 Å². The maximum absolute atomic E-state index is 15.1. The number of aromatic nitrogens is 12. The zero-order valence-electron chi connectivity index (χ0n) is 61.0. The average Bonchev–Trinajstić information content (AvgIpc) is 1.63. The summed E-state index contributed by atoms with van der Waals surface area (Å²) in [5, 5.41) is 30.4. The van der Waals surface area contributed by atoms with E-state index >= 15 is 4.39 Å². The lowest BCUT2D eigenvalue weighted by Crippen LogP contribution is -2.47. The summed E-state index contributed by atoms with van der Waals surface area (Å²) in [5.74, 6) is 4.67. The van der Waals surface area contributed by atoms with E-state index in [1.807, 2.05) is 64.4 Å². The Morgan fingerprint density at radius 2 is 1.05 bits per heavy atom. The van der Waals surface area contributed by atoms with Crippen molar-refractivity contribution in [1.29, 1.82) is 0 Å². The number of nitrogens with zero attached hydrogens (tertiary/aromatic N) is 13. The molecule has 4 saturated heterocycles. The fraction of sp³-hybridized carbons (Fsp3) is 0.538. The zero-order valence-corrected chi connectivity index (χ0v) is 62.6.